The van der Waals surface area contributed by atoms with Gasteiger partial charge in [0.15, 0.2) is 0 Å². The molecule has 0 saturated carbocycles. The van der Waals surface area contributed by atoms with Crippen LogP contribution in [-0.4, -0.2) is 36.1 Å². The van der Waals surface area contributed by atoms with Gasteiger partial charge < -0.3 is 5.32 Å². The van der Waals surface area contributed by atoms with Crippen LogP contribution >= 0.6 is 0 Å². The van der Waals surface area contributed by atoms with E-state index < -0.39 is 0 Å². The van der Waals surface area contributed by atoms with E-state index in [0.29, 0.717) is 11.6 Å². The first-order chi connectivity index (χ1) is 9.06. The topological polar surface area (TPSA) is 15.3 Å². The number of hydrogen-bond acceptors (Lipinski definition) is 2. The van der Waals surface area contributed by atoms with Gasteiger partial charge in [0, 0.05) is 11.6 Å². The minimum atomic E-state index is 0.300. The highest BCUT2D eigenvalue weighted by Gasteiger charge is 2.36. The number of nitrogens with zero attached hydrogens (tertiary/aromatic N) is 1. The summed E-state index contributed by atoms with van der Waals surface area (Å²) in [7, 11) is 0. The molecule has 1 fully saturated rings. The van der Waals surface area contributed by atoms with E-state index in [1.807, 2.05) is 0 Å². The molecule has 0 radical (unpaired) electrons. The number of hydrogen-bond donors (Lipinski definition) is 1. The summed E-state index contributed by atoms with van der Waals surface area (Å²) in [6.45, 7) is 15.6. The minimum Gasteiger partial charge on any atom is -0.312 e. The molecule has 2 heteroatoms. The van der Waals surface area contributed by atoms with Crippen molar-refractivity contribution in [3.8, 4) is 0 Å². The van der Waals surface area contributed by atoms with Crippen LogP contribution in [0.25, 0.3) is 0 Å². The highest BCUT2D eigenvalue weighted by atomic mass is 15.2. The van der Waals surface area contributed by atoms with Crippen molar-refractivity contribution < 1.29 is 0 Å². The van der Waals surface area contributed by atoms with Crippen molar-refractivity contribution in [3.05, 3.63) is 0 Å². The van der Waals surface area contributed by atoms with E-state index in [1.54, 1.807) is 0 Å². The maximum atomic E-state index is 3.84. The molecular formula is C17H36N2. The van der Waals surface area contributed by atoms with Gasteiger partial charge in [0.2, 0.25) is 0 Å². The molecule has 0 aromatic carbocycles. The second kappa shape index (κ2) is 8.26. The van der Waals surface area contributed by atoms with Crippen molar-refractivity contribution in [2.24, 2.45) is 5.92 Å². The fourth-order valence-corrected chi connectivity index (χ4v) is 3.41. The first-order valence-corrected chi connectivity index (χ1v) is 8.54. The van der Waals surface area contributed by atoms with Gasteiger partial charge in [-0.3, -0.25) is 4.90 Å². The molecule has 1 aliphatic rings. The maximum Gasteiger partial charge on any atom is 0.0306 e. The lowest BCUT2D eigenvalue weighted by molar-refractivity contribution is 0.0926. The molecule has 0 aromatic rings. The summed E-state index contributed by atoms with van der Waals surface area (Å²) in [6, 6.07) is 0.635. The first kappa shape index (κ1) is 17.0. The van der Waals surface area contributed by atoms with Gasteiger partial charge in [-0.2, -0.15) is 0 Å². The van der Waals surface area contributed by atoms with Crippen molar-refractivity contribution in [2.75, 3.05) is 19.6 Å². The summed E-state index contributed by atoms with van der Waals surface area (Å²) in [4.78, 5) is 2.71. The Bertz CT molecular complexity index is 227. The zero-order chi connectivity index (χ0) is 14.3. The average molecular weight is 268 g/mol. The van der Waals surface area contributed by atoms with Gasteiger partial charge in [0.1, 0.15) is 0 Å². The summed E-state index contributed by atoms with van der Waals surface area (Å²) in [6.07, 6.45) is 7.96. The Labute approximate surface area is 121 Å². The van der Waals surface area contributed by atoms with Gasteiger partial charge in [0.25, 0.3) is 0 Å². The SMILES string of the molecule is CCCNC(CC(CC)CC)C(C)(C)N1CCCC1. The smallest absolute Gasteiger partial charge is 0.0306 e. The molecule has 2 nitrogen and oxygen atoms in total. The van der Waals surface area contributed by atoms with E-state index in [9.17, 15) is 0 Å². The summed E-state index contributed by atoms with van der Waals surface area (Å²) < 4.78 is 0. The Kier molecular flexibility index (Phi) is 7.38. The van der Waals surface area contributed by atoms with Crippen LogP contribution in [0.3, 0.4) is 0 Å². The Balaban J connectivity index is 2.69. The van der Waals surface area contributed by atoms with E-state index in [-0.39, 0.29) is 0 Å². The summed E-state index contributed by atoms with van der Waals surface area (Å²) in [5.74, 6) is 0.872. The number of nitrogens with one attached hydrogen (secondary N) is 1. The van der Waals surface area contributed by atoms with Crippen LogP contribution in [0, 0.1) is 5.92 Å². The molecule has 1 rings (SSSR count). The number of likely N-dealkylation sites (tertiary alicyclic amines) is 1. The molecule has 1 unspecified atom stereocenters. The average Bonchev–Trinajstić information content (AvgIpc) is 2.93. The van der Waals surface area contributed by atoms with E-state index in [2.05, 4.69) is 44.8 Å². The molecule has 1 heterocycles. The number of rotatable bonds is 9. The third-order valence-electron chi connectivity index (χ3n) is 5.14. The van der Waals surface area contributed by atoms with Crippen molar-refractivity contribution in [1.29, 1.82) is 0 Å². The fourth-order valence-electron chi connectivity index (χ4n) is 3.41. The third-order valence-corrected chi connectivity index (χ3v) is 5.14. The third kappa shape index (κ3) is 4.75. The summed E-state index contributed by atoms with van der Waals surface area (Å²) >= 11 is 0. The van der Waals surface area contributed by atoms with Crippen LogP contribution in [0.15, 0.2) is 0 Å². The highest BCUT2D eigenvalue weighted by Crippen LogP contribution is 2.29. The van der Waals surface area contributed by atoms with Crippen LogP contribution in [-0.2, 0) is 0 Å². The van der Waals surface area contributed by atoms with Crippen LogP contribution < -0.4 is 5.32 Å². The van der Waals surface area contributed by atoms with E-state index >= 15 is 0 Å². The van der Waals surface area contributed by atoms with Gasteiger partial charge in [-0.15, -0.1) is 0 Å². The highest BCUT2D eigenvalue weighted by molar-refractivity contribution is 4.96. The van der Waals surface area contributed by atoms with Gasteiger partial charge in [0.05, 0.1) is 0 Å². The molecule has 1 aliphatic heterocycles. The molecule has 0 bridgehead atoms. The van der Waals surface area contributed by atoms with Crippen molar-refractivity contribution >= 4 is 0 Å². The zero-order valence-corrected chi connectivity index (χ0v) is 14.0. The molecule has 1 atom stereocenters. The molecule has 0 spiro atoms. The molecule has 1 saturated heterocycles. The Morgan fingerprint density at radius 2 is 1.63 bits per heavy atom. The lowest BCUT2D eigenvalue weighted by atomic mass is 9.83. The molecule has 0 aliphatic carbocycles. The lowest BCUT2D eigenvalue weighted by Crippen LogP contribution is -2.57. The van der Waals surface area contributed by atoms with Crippen molar-refractivity contribution in [1.82, 2.24) is 10.2 Å². The summed E-state index contributed by atoms with van der Waals surface area (Å²) in [5, 5.41) is 3.84. The maximum absolute atomic E-state index is 3.84. The summed E-state index contributed by atoms with van der Waals surface area (Å²) in [5.41, 5.74) is 0.300. The Hall–Kier alpha value is -0.0800. The van der Waals surface area contributed by atoms with Crippen molar-refractivity contribution in [3.63, 3.8) is 0 Å². The first-order valence-electron chi connectivity index (χ1n) is 8.54. The van der Waals surface area contributed by atoms with Gasteiger partial charge in [-0.25, -0.2) is 0 Å². The fraction of sp³-hybridized carbons (Fsp3) is 1.00. The molecule has 0 amide bonds. The molecule has 19 heavy (non-hydrogen) atoms. The largest absolute Gasteiger partial charge is 0.312 e. The predicted octanol–water partition coefficient (Wildman–Crippen LogP) is 4.06. The van der Waals surface area contributed by atoms with Gasteiger partial charge >= 0.3 is 0 Å². The molecule has 0 aromatic heterocycles. The van der Waals surface area contributed by atoms with E-state index in [4.69, 9.17) is 0 Å². The van der Waals surface area contributed by atoms with Crippen molar-refractivity contribution in [2.45, 2.75) is 84.7 Å². The van der Waals surface area contributed by atoms with Gasteiger partial charge in [-0.05, 0) is 65.1 Å². The lowest BCUT2D eigenvalue weighted by Gasteiger charge is -2.44. The van der Waals surface area contributed by atoms with Gasteiger partial charge in [-0.1, -0.05) is 33.6 Å². The van der Waals surface area contributed by atoms with Crippen LogP contribution in [0.4, 0.5) is 0 Å². The monoisotopic (exact) mass is 268 g/mol. The van der Waals surface area contributed by atoms with Crippen LogP contribution in [0.5, 0.6) is 0 Å². The Morgan fingerprint density at radius 1 is 1.05 bits per heavy atom. The second-order valence-corrected chi connectivity index (χ2v) is 6.77. The molecule has 1 N–H and O–H groups in total. The quantitative estimate of drug-likeness (QED) is 0.678. The molecule has 114 valence electrons. The predicted molar refractivity (Wildman–Crippen MR) is 85.7 cm³/mol. The standard InChI is InChI=1S/C17H36N2/c1-6-11-18-16(14-15(7-2)8-3)17(4,5)19-12-9-10-13-19/h15-16,18H,6-14H2,1-5H3. The van der Waals surface area contributed by atoms with Crippen LogP contribution in [0.1, 0.15) is 73.1 Å². The van der Waals surface area contributed by atoms with E-state index in [0.717, 1.165) is 12.5 Å². The molecular weight excluding hydrogens is 232 g/mol. The zero-order valence-electron chi connectivity index (χ0n) is 14.0. The Morgan fingerprint density at radius 3 is 2.11 bits per heavy atom. The normalized spacial score (nSPS) is 19.3. The minimum absolute atomic E-state index is 0.300. The second-order valence-electron chi connectivity index (χ2n) is 6.77. The van der Waals surface area contributed by atoms with E-state index in [1.165, 1.54) is 51.6 Å². The van der Waals surface area contributed by atoms with Crippen LogP contribution in [0.2, 0.25) is 0 Å².